The minimum Gasteiger partial charge on any atom is -0.466 e. The van der Waals surface area contributed by atoms with Gasteiger partial charge in [0.25, 0.3) is 0 Å². The number of rotatable bonds is 9. The molecule has 44 heavy (non-hydrogen) atoms. The van der Waals surface area contributed by atoms with E-state index in [0.717, 1.165) is 53.4 Å². The lowest BCUT2D eigenvalue weighted by Gasteiger charge is -2.36. The van der Waals surface area contributed by atoms with E-state index in [1.807, 2.05) is 0 Å². The van der Waals surface area contributed by atoms with Gasteiger partial charge in [-0.25, -0.2) is 4.39 Å². The zero-order valence-electron chi connectivity index (χ0n) is 22.1. The number of hydrogen-bond donors (Lipinski definition) is 1. The molecule has 1 N–H and O–H groups in total. The van der Waals surface area contributed by atoms with Gasteiger partial charge in [0.05, 0.1) is 23.8 Å². The molecule has 4 nitrogen and oxygen atoms in total. The summed E-state index contributed by atoms with van der Waals surface area (Å²) >= 11 is 0. The second-order valence-corrected chi connectivity index (χ2v) is 9.35. The van der Waals surface area contributed by atoms with Gasteiger partial charge in [0, 0.05) is 17.3 Å². The first kappa shape index (κ1) is 32.5. The fraction of sp³-hybridized carbons (Fsp3) is 0.200. The predicted octanol–water partition coefficient (Wildman–Crippen LogP) is 9.08. The molecule has 234 valence electrons. The summed E-state index contributed by atoms with van der Waals surface area (Å²) in [5.41, 5.74) is -2.84. The van der Waals surface area contributed by atoms with E-state index in [1.54, 1.807) is 6.07 Å². The third-order valence-corrected chi connectivity index (χ3v) is 6.24. The number of para-hydroxylation sites is 1. The van der Waals surface area contributed by atoms with Gasteiger partial charge in [-0.15, -0.1) is 13.2 Å². The van der Waals surface area contributed by atoms with Crippen LogP contribution in [0.3, 0.4) is 0 Å². The molecule has 0 saturated carbocycles. The molecule has 0 amide bonds. The van der Waals surface area contributed by atoms with Gasteiger partial charge in [-0.3, -0.25) is 0 Å². The SMILES string of the molecule is OC(CN(c1ccccc1)C(Oc1cccc(OC(F)(F)F)c1)c1cc(C(F)(F)F)ccc1F)c1ccc(C(F)(F)F)cc1. The molecule has 0 radical (unpaired) electrons. The van der Waals surface area contributed by atoms with Crippen LogP contribution in [0.4, 0.5) is 49.6 Å². The third-order valence-electron chi connectivity index (χ3n) is 6.24. The monoisotopic (exact) mass is 633 g/mol. The van der Waals surface area contributed by atoms with Gasteiger partial charge in [-0.2, -0.15) is 26.3 Å². The highest BCUT2D eigenvalue weighted by atomic mass is 19.4. The first-order chi connectivity index (χ1) is 20.5. The molecule has 0 saturated heterocycles. The Labute approximate surface area is 243 Å². The smallest absolute Gasteiger partial charge is 0.466 e. The maximum Gasteiger partial charge on any atom is 0.573 e. The van der Waals surface area contributed by atoms with Gasteiger partial charge in [-0.1, -0.05) is 36.4 Å². The number of ether oxygens (including phenoxy) is 2. The Morgan fingerprint density at radius 2 is 1.25 bits per heavy atom. The molecule has 0 aliphatic heterocycles. The van der Waals surface area contributed by atoms with Crippen molar-refractivity contribution >= 4 is 5.69 Å². The van der Waals surface area contributed by atoms with Gasteiger partial charge in [0.1, 0.15) is 17.3 Å². The van der Waals surface area contributed by atoms with Crippen LogP contribution in [0.2, 0.25) is 0 Å². The second-order valence-electron chi connectivity index (χ2n) is 9.35. The Hall–Kier alpha value is -4.46. The van der Waals surface area contributed by atoms with Gasteiger partial charge in [0.15, 0.2) is 0 Å². The van der Waals surface area contributed by atoms with Crippen molar-refractivity contribution in [1.29, 1.82) is 0 Å². The Kier molecular flexibility index (Phi) is 9.33. The molecule has 0 heterocycles. The minimum absolute atomic E-state index is 0.0252. The van der Waals surface area contributed by atoms with Gasteiger partial charge >= 0.3 is 18.7 Å². The topological polar surface area (TPSA) is 41.9 Å². The minimum atomic E-state index is -5.09. The molecule has 4 rings (SSSR count). The maximum atomic E-state index is 15.3. The fourth-order valence-electron chi connectivity index (χ4n) is 4.22. The number of benzene rings is 4. The van der Waals surface area contributed by atoms with Crippen molar-refractivity contribution in [3.05, 3.63) is 125 Å². The predicted molar refractivity (Wildman–Crippen MR) is 138 cm³/mol. The number of anilines is 1. The molecule has 0 aromatic heterocycles. The first-order valence-corrected chi connectivity index (χ1v) is 12.6. The van der Waals surface area contributed by atoms with Crippen LogP contribution in [-0.2, 0) is 12.4 Å². The average molecular weight is 633 g/mol. The van der Waals surface area contributed by atoms with Crippen LogP contribution >= 0.6 is 0 Å². The summed E-state index contributed by atoms with van der Waals surface area (Å²) in [6.45, 7) is -0.575. The van der Waals surface area contributed by atoms with E-state index in [9.17, 15) is 44.6 Å². The molecular formula is C30H21F10NO3. The first-order valence-electron chi connectivity index (χ1n) is 12.6. The van der Waals surface area contributed by atoms with Crippen LogP contribution < -0.4 is 14.4 Å². The van der Waals surface area contributed by atoms with E-state index in [2.05, 4.69) is 4.74 Å². The van der Waals surface area contributed by atoms with Crippen molar-refractivity contribution in [2.45, 2.75) is 31.0 Å². The Bertz CT molecular complexity index is 1540. The van der Waals surface area contributed by atoms with Crippen molar-refractivity contribution in [2.24, 2.45) is 0 Å². The molecule has 2 atom stereocenters. The molecule has 0 aliphatic carbocycles. The van der Waals surface area contributed by atoms with Crippen molar-refractivity contribution in [3.8, 4) is 11.5 Å². The van der Waals surface area contributed by atoms with Crippen LogP contribution in [0.5, 0.6) is 11.5 Å². The van der Waals surface area contributed by atoms with Crippen molar-refractivity contribution < 1.29 is 58.5 Å². The third kappa shape index (κ3) is 8.34. The molecule has 0 bridgehead atoms. The Balaban J connectivity index is 1.82. The van der Waals surface area contributed by atoms with E-state index in [-0.39, 0.29) is 17.0 Å². The molecule has 4 aromatic carbocycles. The van der Waals surface area contributed by atoms with Gasteiger partial charge < -0.3 is 19.5 Å². The van der Waals surface area contributed by atoms with Crippen molar-refractivity contribution in [2.75, 3.05) is 11.4 Å². The molecular weight excluding hydrogens is 612 g/mol. The van der Waals surface area contributed by atoms with Crippen LogP contribution in [0.1, 0.15) is 34.6 Å². The van der Waals surface area contributed by atoms with E-state index in [1.165, 1.54) is 24.3 Å². The lowest BCUT2D eigenvalue weighted by atomic mass is 10.0. The normalized spacial score (nSPS) is 13.7. The highest BCUT2D eigenvalue weighted by Gasteiger charge is 2.36. The Morgan fingerprint density at radius 1 is 0.659 bits per heavy atom. The van der Waals surface area contributed by atoms with E-state index >= 15 is 4.39 Å². The summed E-state index contributed by atoms with van der Waals surface area (Å²) in [4.78, 5) is 1.12. The van der Waals surface area contributed by atoms with Crippen LogP contribution in [0, 0.1) is 5.82 Å². The number of halogens is 10. The van der Waals surface area contributed by atoms with Crippen molar-refractivity contribution in [3.63, 3.8) is 0 Å². The number of alkyl halides is 9. The summed E-state index contributed by atoms with van der Waals surface area (Å²) in [6, 6.07) is 16.3. The quantitative estimate of drug-likeness (QED) is 0.148. The molecule has 2 unspecified atom stereocenters. The second kappa shape index (κ2) is 12.6. The summed E-state index contributed by atoms with van der Waals surface area (Å²) in [5.74, 6) is -2.30. The summed E-state index contributed by atoms with van der Waals surface area (Å²) in [5, 5.41) is 11.0. The fourth-order valence-corrected chi connectivity index (χ4v) is 4.22. The highest BCUT2D eigenvalue weighted by molar-refractivity contribution is 5.50. The molecule has 0 fully saturated rings. The average Bonchev–Trinajstić information content (AvgIpc) is 2.94. The van der Waals surface area contributed by atoms with Gasteiger partial charge in [0.2, 0.25) is 6.23 Å². The summed E-state index contributed by atoms with van der Waals surface area (Å²) in [7, 11) is 0. The van der Waals surface area contributed by atoms with Crippen LogP contribution in [0.25, 0.3) is 0 Å². The molecule has 0 spiro atoms. The lowest BCUT2D eigenvalue weighted by molar-refractivity contribution is -0.274. The molecule has 4 aromatic rings. The lowest BCUT2D eigenvalue weighted by Crippen LogP contribution is -2.37. The van der Waals surface area contributed by atoms with E-state index in [0.29, 0.717) is 18.2 Å². The Morgan fingerprint density at radius 3 is 1.84 bits per heavy atom. The molecule has 14 heteroatoms. The van der Waals surface area contributed by atoms with E-state index < -0.39 is 65.8 Å². The van der Waals surface area contributed by atoms with Gasteiger partial charge in [-0.05, 0) is 60.2 Å². The van der Waals surface area contributed by atoms with Crippen LogP contribution in [-0.4, -0.2) is 18.0 Å². The number of nitrogens with zero attached hydrogens (tertiary/aromatic N) is 1. The standard InChI is InChI=1S/C30H21F10NO3/c31-25-14-13-20(29(35,36)37)15-24(25)27(43-22-7-4-8-23(16-22)44-30(38,39)40)41(21-5-2-1-3-6-21)17-26(42)18-9-11-19(12-10-18)28(32,33)34/h1-16,26-27,42H,17H2. The summed E-state index contributed by atoms with van der Waals surface area (Å²) < 4.78 is 144. The number of hydrogen-bond acceptors (Lipinski definition) is 4. The maximum absolute atomic E-state index is 15.3. The largest absolute Gasteiger partial charge is 0.573 e. The van der Waals surface area contributed by atoms with Crippen LogP contribution in [0.15, 0.2) is 97.1 Å². The highest BCUT2D eigenvalue weighted by Crippen LogP contribution is 2.38. The number of aliphatic hydroxyl groups excluding tert-OH is 1. The summed E-state index contributed by atoms with van der Waals surface area (Å²) in [6.07, 6.45) is -18.1. The van der Waals surface area contributed by atoms with E-state index in [4.69, 9.17) is 4.74 Å². The van der Waals surface area contributed by atoms with Crippen molar-refractivity contribution in [1.82, 2.24) is 0 Å². The zero-order valence-corrected chi connectivity index (χ0v) is 22.1. The zero-order chi connectivity index (χ0) is 32.3. The molecule has 0 aliphatic rings. The number of aliphatic hydroxyl groups is 1.